The second-order valence-electron chi connectivity index (χ2n) is 8.71. The van der Waals surface area contributed by atoms with Gasteiger partial charge >= 0.3 is 0 Å². The van der Waals surface area contributed by atoms with E-state index in [1.807, 2.05) is 18.2 Å². The lowest BCUT2D eigenvalue weighted by molar-refractivity contribution is -0.910. The number of aromatic nitrogens is 1. The van der Waals surface area contributed by atoms with Crippen LogP contribution in [0.1, 0.15) is 56.7 Å². The highest BCUT2D eigenvalue weighted by Crippen LogP contribution is 2.46. The van der Waals surface area contributed by atoms with Crippen molar-refractivity contribution in [3.8, 4) is 11.5 Å². The number of hydrogen-bond donors (Lipinski definition) is 2. The maximum absolute atomic E-state index is 12.8. The van der Waals surface area contributed by atoms with Gasteiger partial charge in [-0.25, -0.2) is 0 Å². The number of nitrogens with one attached hydrogen (secondary N) is 2. The van der Waals surface area contributed by atoms with Crippen LogP contribution >= 0.6 is 0 Å². The summed E-state index contributed by atoms with van der Waals surface area (Å²) in [5.41, 5.74) is 2.09. The predicted molar refractivity (Wildman–Crippen MR) is 110 cm³/mol. The summed E-state index contributed by atoms with van der Waals surface area (Å²) in [6.07, 6.45) is 9.75. The fourth-order valence-corrected chi connectivity index (χ4v) is 5.19. The van der Waals surface area contributed by atoms with Crippen LogP contribution in [0.25, 0.3) is 0 Å². The molecule has 2 aliphatic heterocycles. The number of rotatable bonds is 4. The number of hydrogen-bond acceptors (Lipinski definition) is 3. The van der Waals surface area contributed by atoms with Gasteiger partial charge in [0.1, 0.15) is 6.04 Å². The molecular formula is C23H30N3O3+. The summed E-state index contributed by atoms with van der Waals surface area (Å²) < 4.78 is 14.5. The number of carbonyl (C=O) groups is 1. The quantitative estimate of drug-likeness (QED) is 0.836. The average Bonchev–Trinajstić information content (AvgIpc) is 3.40. The summed E-state index contributed by atoms with van der Waals surface area (Å²) in [4.78, 5) is 14.1. The molecule has 2 aromatic rings. The van der Waals surface area contributed by atoms with Crippen LogP contribution in [0, 0.1) is 0 Å². The number of nitrogens with zero attached hydrogens (tertiary/aromatic N) is 1. The van der Waals surface area contributed by atoms with E-state index in [1.165, 1.54) is 17.0 Å². The average molecular weight is 397 g/mol. The van der Waals surface area contributed by atoms with Crippen molar-refractivity contribution >= 4 is 11.6 Å². The second-order valence-corrected chi connectivity index (χ2v) is 8.71. The minimum Gasteiger partial charge on any atom is -0.448 e. The molecule has 1 aliphatic carbocycles. The number of ether oxygens (including phenoxy) is 2. The van der Waals surface area contributed by atoms with Crippen molar-refractivity contribution in [2.75, 3.05) is 18.4 Å². The molecule has 1 saturated carbocycles. The van der Waals surface area contributed by atoms with Crippen LogP contribution in [-0.2, 0) is 11.8 Å². The molecule has 1 amide bonds. The third-order valence-electron chi connectivity index (χ3n) is 6.65. The Labute approximate surface area is 171 Å². The van der Waals surface area contributed by atoms with Gasteiger partial charge in [0, 0.05) is 50.7 Å². The SMILES string of the molecule is Cn1cccc1[C@@H]1CCC[NH+]1CC(=O)Nc1ccc2c(c1)OC1(CCCCC1)O2. The van der Waals surface area contributed by atoms with E-state index in [9.17, 15) is 4.79 Å². The van der Waals surface area contributed by atoms with Crippen molar-refractivity contribution in [3.63, 3.8) is 0 Å². The standard InChI is InChI=1S/C23H29N3O3/c1-25-13-5-7-18(25)19-8-6-14-26(19)16-22(27)24-17-9-10-20-21(15-17)29-23(28-20)11-3-2-4-12-23/h5,7,9-10,13,15,19H,2-4,6,8,11-12,14,16H2,1H3,(H,24,27)/p+1/t19-/m0/s1. The first-order chi connectivity index (χ1) is 14.1. The van der Waals surface area contributed by atoms with Crippen LogP contribution in [0.3, 0.4) is 0 Å². The Morgan fingerprint density at radius 2 is 2.00 bits per heavy atom. The van der Waals surface area contributed by atoms with E-state index < -0.39 is 5.79 Å². The first-order valence-electron chi connectivity index (χ1n) is 10.9. The Balaban J connectivity index is 1.23. The molecule has 1 saturated heterocycles. The molecule has 154 valence electrons. The molecule has 1 aromatic heterocycles. The van der Waals surface area contributed by atoms with Crippen molar-refractivity contribution in [2.24, 2.45) is 7.05 Å². The molecule has 0 radical (unpaired) electrons. The zero-order chi connectivity index (χ0) is 19.8. The molecular weight excluding hydrogens is 366 g/mol. The smallest absolute Gasteiger partial charge is 0.279 e. The molecule has 29 heavy (non-hydrogen) atoms. The lowest BCUT2D eigenvalue weighted by atomic mass is 9.94. The normalized spacial score (nSPS) is 24.7. The molecule has 5 rings (SSSR count). The van der Waals surface area contributed by atoms with E-state index in [0.29, 0.717) is 12.6 Å². The van der Waals surface area contributed by atoms with Crippen molar-refractivity contribution < 1.29 is 19.2 Å². The molecule has 1 unspecified atom stereocenters. The van der Waals surface area contributed by atoms with E-state index in [2.05, 4.69) is 35.3 Å². The van der Waals surface area contributed by atoms with Gasteiger partial charge in [-0.15, -0.1) is 0 Å². The van der Waals surface area contributed by atoms with Crippen LogP contribution in [0.2, 0.25) is 0 Å². The highest BCUT2D eigenvalue weighted by atomic mass is 16.7. The third-order valence-corrected chi connectivity index (χ3v) is 6.65. The number of benzene rings is 1. The first kappa shape index (κ1) is 18.6. The van der Waals surface area contributed by atoms with Crippen molar-refractivity contribution in [2.45, 2.75) is 56.8 Å². The van der Waals surface area contributed by atoms with Crippen molar-refractivity contribution in [1.82, 2.24) is 4.57 Å². The van der Waals surface area contributed by atoms with Crippen molar-refractivity contribution in [1.29, 1.82) is 0 Å². The lowest BCUT2D eigenvalue weighted by Crippen LogP contribution is -3.11. The summed E-state index contributed by atoms with van der Waals surface area (Å²) in [7, 11) is 2.08. The number of carbonyl (C=O) groups excluding carboxylic acids is 1. The van der Waals surface area contributed by atoms with Gasteiger partial charge < -0.3 is 24.3 Å². The third kappa shape index (κ3) is 3.62. The van der Waals surface area contributed by atoms with Gasteiger partial charge in [-0.1, -0.05) is 6.42 Å². The number of aryl methyl sites for hydroxylation is 1. The van der Waals surface area contributed by atoms with E-state index in [0.717, 1.165) is 62.3 Å². The number of fused-ring (bicyclic) bond motifs is 1. The molecule has 2 N–H and O–H groups in total. The van der Waals surface area contributed by atoms with Gasteiger partial charge in [-0.2, -0.15) is 0 Å². The molecule has 1 spiro atoms. The summed E-state index contributed by atoms with van der Waals surface area (Å²) in [6, 6.07) is 10.4. The number of anilines is 1. The first-order valence-corrected chi connectivity index (χ1v) is 10.9. The van der Waals surface area contributed by atoms with E-state index in [-0.39, 0.29) is 5.91 Å². The Kier molecular flexibility index (Phi) is 4.74. The maximum Gasteiger partial charge on any atom is 0.279 e. The fourth-order valence-electron chi connectivity index (χ4n) is 5.19. The van der Waals surface area contributed by atoms with Crippen molar-refractivity contribution in [3.05, 3.63) is 42.2 Å². The zero-order valence-electron chi connectivity index (χ0n) is 17.1. The fraction of sp³-hybridized carbons (Fsp3) is 0.522. The van der Waals surface area contributed by atoms with Gasteiger partial charge in [0.2, 0.25) is 0 Å². The van der Waals surface area contributed by atoms with Gasteiger partial charge in [0.05, 0.1) is 12.2 Å². The van der Waals surface area contributed by atoms with Crippen LogP contribution in [0.4, 0.5) is 5.69 Å². The van der Waals surface area contributed by atoms with Gasteiger partial charge in [-0.05, 0) is 37.1 Å². The highest BCUT2D eigenvalue weighted by molar-refractivity contribution is 5.91. The number of amides is 1. The largest absolute Gasteiger partial charge is 0.448 e. The van der Waals surface area contributed by atoms with E-state index in [4.69, 9.17) is 9.47 Å². The zero-order valence-corrected chi connectivity index (χ0v) is 17.1. The molecule has 3 aliphatic rings. The Bertz CT molecular complexity index is 901. The Hall–Kier alpha value is -2.47. The topological polar surface area (TPSA) is 56.9 Å². The van der Waals surface area contributed by atoms with Gasteiger partial charge in [0.15, 0.2) is 18.0 Å². The van der Waals surface area contributed by atoms with Gasteiger partial charge in [-0.3, -0.25) is 4.79 Å². The second kappa shape index (κ2) is 7.41. The highest BCUT2D eigenvalue weighted by Gasteiger charge is 2.42. The Morgan fingerprint density at radius 1 is 1.17 bits per heavy atom. The number of quaternary nitrogens is 1. The Morgan fingerprint density at radius 3 is 2.79 bits per heavy atom. The summed E-state index contributed by atoms with van der Waals surface area (Å²) in [5.74, 6) is 1.11. The monoisotopic (exact) mass is 396 g/mol. The van der Waals surface area contributed by atoms with Crippen LogP contribution in [0.5, 0.6) is 11.5 Å². The molecule has 1 aromatic carbocycles. The molecule has 2 fully saturated rings. The molecule has 6 heteroatoms. The van der Waals surface area contributed by atoms with Crippen LogP contribution < -0.4 is 19.7 Å². The molecule has 6 nitrogen and oxygen atoms in total. The van der Waals surface area contributed by atoms with E-state index >= 15 is 0 Å². The van der Waals surface area contributed by atoms with E-state index in [1.54, 1.807) is 0 Å². The maximum atomic E-state index is 12.8. The number of likely N-dealkylation sites (tertiary alicyclic amines) is 1. The molecule has 0 bridgehead atoms. The summed E-state index contributed by atoms with van der Waals surface area (Å²) >= 11 is 0. The minimum absolute atomic E-state index is 0.0485. The van der Waals surface area contributed by atoms with Crippen LogP contribution in [-0.4, -0.2) is 29.4 Å². The van der Waals surface area contributed by atoms with Crippen LogP contribution in [0.15, 0.2) is 36.5 Å². The summed E-state index contributed by atoms with van der Waals surface area (Å²) in [5, 5.41) is 3.07. The minimum atomic E-state index is -0.481. The summed E-state index contributed by atoms with van der Waals surface area (Å²) in [6.45, 7) is 1.52. The molecule has 3 heterocycles. The predicted octanol–water partition coefficient (Wildman–Crippen LogP) is 2.82. The van der Waals surface area contributed by atoms with Gasteiger partial charge in [0.25, 0.3) is 11.7 Å². The molecule has 2 atom stereocenters. The lowest BCUT2D eigenvalue weighted by Gasteiger charge is -2.31.